The van der Waals surface area contributed by atoms with E-state index in [4.69, 9.17) is 5.73 Å². The molecule has 0 fully saturated rings. The minimum absolute atomic E-state index is 0.0486. The highest BCUT2D eigenvalue weighted by molar-refractivity contribution is 5.58. The summed E-state index contributed by atoms with van der Waals surface area (Å²) in [6.45, 7) is 4.27. The smallest absolute Gasteiger partial charge is 0.204 e. The maximum atomic E-state index is 9.85. The molecule has 0 radical (unpaired) electrons. The van der Waals surface area contributed by atoms with E-state index in [0.717, 1.165) is 30.4 Å². The van der Waals surface area contributed by atoms with E-state index in [0.29, 0.717) is 11.5 Å². The first-order valence-corrected chi connectivity index (χ1v) is 9.04. The van der Waals surface area contributed by atoms with E-state index >= 15 is 0 Å². The minimum Gasteiger partial charge on any atom is -0.399 e. The first-order valence-electron chi connectivity index (χ1n) is 9.04. The van der Waals surface area contributed by atoms with Crippen molar-refractivity contribution < 1.29 is 0 Å². The van der Waals surface area contributed by atoms with Gasteiger partial charge in [0.15, 0.2) is 0 Å². The topological polar surface area (TPSA) is 97.4 Å². The predicted octanol–water partition coefficient (Wildman–Crippen LogP) is 4.09. The fourth-order valence-corrected chi connectivity index (χ4v) is 4.37. The van der Waals surface area contributed by atoms with E-state index in [1.54, 1.807) is 0 Å². The van der Waals surface area contributed by atoms with Gasteiger partial charge in [-0.25, -0.2) is 0 Å². The molecule has 2 N–H and O–H groups in total. The summed E-state index contributed by atoms with van der Waals surface area (Å²) in [5, 5.41) is 29.5. The molecular formula is C22H22N4. The number of hydrogen-bond acceptors (Lipinski definition) is 4. The number of allylic oxidation sites excluding steroid dienone is 3. The molecule has 4 heteroatoms. The maximum absolute atomic E-state index is 9.85. The van der Waals surface area contributed by atoms with Crippen LogP contribution in [0.2, 0.25) is 0 Å². The van der Waals surface area contributed by atoms with Gasteiger partial charge in [-0.3, -0.25) is 0 Å². The molecule has 0 unspecified atom stereocenters. The predicted molar refractivity (Wildman–Crippen MR) is 99.0 cm³/mol. The van der Waals surface area contributed by atoms with E-state index in [-0.39, 0.29) is 17.5 Å². The lowest BCUT2D eigenvalue weighted by Crippen LogP contribution is -2.41. The molecule has 130 valence electrons. The molecule has 0 aliphatic heterocycles. The second-order valence-corrected chi connectivity index (χ2v) is 7.33. The van der Waals surface area contributed by atoms with Crippen molar-refractivity contribution in [2.75, 3.05) is 0 Å². The van der Waals surface area contributed by atoms with Gasteiger partial charge in [-0.2, -0.15) is 15.8 Å². The maximum Gasteiger partial charge on any atom is 0.204 e. The van der Waals surface area contributed by atoms with Crippen LogP contribution in [0.3, 0.4) is 0 Å². The number of benzene rings is 1. The molecule has 0 bridgehead atoms. The number of nitrogens with zero attached hydrogens (tertiary/aromatic N) is 3. The van der Waals surface area contributed by atoms with Gasteiger partial charge in [-0.1, -0.05) is 44.2 Å². The third-order valence-electron chi connectivity index (χ3n) is 5.84. The van der Waals surface area contributed by atoms with Crippen LogP contribution in [0.1, 0.15) is 43.7 Å². The first kappa shape index (κ1) is 17.8. The van der Waals surface area contributed by atoms with Gasteiger partial charge in [0, 0.05) is 5.92 Å². The minimum atomic E-state index is -1.52. The quantitative estimate of drug-likeness (QED) is 0.818. The Hall–Kier alpha value is -3.03. The van der Waals surface area contributed by atoms with Gasteiger partial charge in [0.25, 0.3) is 0 Å². The van der Waals surface area contributed by atoms with E-state index in [1.165, 1.54) is 5.56 Å². The summed E-state index contributed by atoms with van der Waals surface area (Å²) >= 11 is 0. The van der Waals surface area contributed by atoms with E-state index < -0.39 is 5.41 Å². The Labute approximate surface area is 154 Å². The standard InChI is InChI=1S/C22H22N4/c1-3-15-5-7-16(8-6-15)20-17-10-14(2)4-9-19(17)22(12-24,13-25)21(26)18(20)11-23/h5-9,14,17,20H,3-4,10,26H2,1-2H3/t14-,17+,20+/m1/s1. The van der Waals surface area contributed by atoms with Gasteiger partial charge < -0.3 is 5.73 Å². The molecule has 3 rings (SSSR count). The summed E-state index contributed by atoms with van der Waals surface area (Å²) in [5.74, 6) is 0.192. The van der Waals surface area contributed by atoms with Crippen molar-refractivity contribution in [2.45, 2.75) is 39.0 Å². The second kappa shape index (κ2) is 6.70. The zero-order chi connectivity index (χ0) is 18.9. The molecule has 2 aliphatic carbocycles. The highest BCUT2D eigenvalue weighted by atomic mass is 14.7. The number of nitriles is 3. The van der Waals surface area contributed by atoms with Crippen LogP contribution in [-0.4, -0.2) is 0 Å². The molecule has 3 atom stereocenters. The summed E-state index contributed by atoms with van der Waals surface area (Å²) in [7, 11) is 0. The van der Waals surface area contributed by atoms with Crippen LogP contribution in [0, 0.1) is 51.2 Å². The Morgan fingerprint density at radius 1 is 1.15 bits per heavy atom. The van der Waals surface area contributed by atoms with Crippen molar-refractivity contribution in [2.24, 2.45) is 23.0 Å². The Morgan fingerprint density at radius 2 is 1.81 bits per heavy atom. The molecule has 1 aromatic rings. The van der Waals surface area contributed by atoms with Crippen LogP contribution >= 0.6 is 0 Å². The first-order chi connectivity index (χ1) is 12.5. The molecule has 1 aromatic carbocycles. The van der Waals surface area contributed by atoms with Crippen molar-refractivity contribution >= 4 is 0 Å². The van der Waals surface area contributed by atoms with Gasteiger partial charge in [0.05, 0.1) is 29.5 Å². The van der Waals surface area contributed by atoms with Crippen LogP contribution in [0.5, 0.6) is 0 Å². The fourth-order valence-electron chi connectivity index (χ4n) is 4.37. The molecule has 0 amide bonds. The van der Waals surface area contributed by atoms with Gasteiger partial charge in [-0.15, -0.1) is 0 Å². The Morgan fingerprint density at radius 3 is 2.35 bits per heavy atom. The highest BCUT2D eigenvalue weighted by Gasteiger charge is 2.52. The SMILES string of the molecule is CCc1ccc([C@@H]2C(C#N)=C(N)C(C#N)(C#N)C3=CC[C@@H](C)C[C@@H]32)cc1. The van der Waals surface area contributed by atoms with Crippen LogP contribution in [0.15, 0.2) is 47.2 Å². The van der Waals surface area contributed by atoms with Crippen molar-refractivity contribution in [3.8, 4) is 18.2 Å². The lowest BCUT2D eigenvalue weighted by Gasteiger charge is -2.43. The number of nitrogens with two attached hydrogens (primary N) is 1. The van der Waals surface area contributed by atoms with Gasteiger partial charge in [-0.05, 0) is 47.8 Å². The molecule has 4 nitrogen and oxygen atoms in total. The summed E-state index contributed by atoms with van der Waals surface area (Å²) in [6, 6.07) is 14.7. The molecule has 26 heavy (non-hydrogen) atoms. The fraction of sp³-hybridized carbons (Fsp3) is 0.409. The Bertz CT molecular complexity index is 885. The van der Waals surface area contributed by atoms with Crippen molar-refractivity contribution in [1.82, 2.24) is 0 Å². The number of fused-ring (bicyclic) bond motifs is 1. The molecule has 0 heterocycles. The third kappa shape index (κ3) is 2.49. The van der Waals surface area contributed by atoms with E-state index in [2.05, 4.69) is 56.3 Å². The summed E-state index contributed by atoms with van der Waals surface area (Å²) in [5.41, 5.74) is 8.28. The average molecular weight is 342 g/mol. The number of rotatable bonds is 2. The normalized spacial score (nSPS) is 26.7. The molecule has 2 aliphatic rings. The summed E-state index contributed by atoms with van der Waals surface area (Å²) in [6.07, 6.45) is 4.63. The van der Waals surface area contributed by atoms with Gasteiger partial charge >= 0.3 is 0 Å². The van der Waals surface area contributed by atoms with E-state index in [1.807, 2.05) is 6.08 Å². The Kier molecular flexibility index (Phi) is 4.58. The largest absolute Gasteiger partial charge is 0.399 e. The van der Waals surface area contributed by atoms with Gasteiger partial charge in [0.2, 0.25) is 5.41 Å². The Balaban J connectivity index is 2.26. The number of hydrogen-bond donors (Lipinski definition) is 1. The molecular weight excluding hydrogens is 320 g/mol. The van der Waals surface area contributed by atoms with E-state index in [9.17, 15) is 15.8 Å². The lowest BCUT2D eigenvalue weighted by atomic mass is 9.57. The molecule has 0 aromatic heterocycles. The molecule has 0 saturated carbocycles. The van der Waals surface area contributed by atoms with Crippen LogP contribution in [0.25, 0.3) is 0 Å². The monoisotopic (exact) mass is 342 g/mol. The van der Waals surface area contributed by atoms with Crippen LogP contribution in [-0.2, 0) is 6.42 Å². The second-order valence-electron chi connectivity index (χ2n) is 7.33. The van der Waals surface area contributed by atoms with Gasteiger partial charge in [0.1, 0.15) is 0 Å². The molecule has 0 spiro atoms. The summed E-state index contributed by atoms with van der Waals surface area (Å²) < 4.78 is 0. The van der Waals surface area contributed by atoms with Crippen molar-refractivity contribution in [3.63, 3.8) is 0 Å². The zero-order valence-electron chi connectivity index (χ0n) is 15.2. The third-order valence-corrected chi connectivity index (χ3v) is 5.84. The van der Waals surface area contributed by atoms with Crippen LogP contribution in [0.4, 0.5) is 0 Å². The number of aryl methyl sites for hydroxylation is 1. The summed E-state index contributed by atoms with van der Waals surface area (Å²) in [4.78, 5) is 0. The highest BCUT2D eigenvalue weighted by Crippen LogP contribution is 2.55. The zero-order valence-corrected chi connectivity index (χ0v) is 15.2. The average Bonchev–Trinajstić information content (AvgIpc) is 2.68. The molecule has 0 saturated heterocycles. The lowest BCUT2D eigenvalue weighted by molar-refractivity contribution is 0.334. The van der Waals surface area contributed by atoms with Crippen molar-refractivity contribution in [1.29, 1.82) is 15.8 Å². The van der Waals surface area contributed by atoms with Crippen LogP contribution < -0.4 is 5.73 Å². The van der Waals surface area contributed by atoms with Crippen molar-refractivity contribution in [3.05, 3.63) is 58.3 Å².